The van der Waals surface area contributed by atoms with Crippen LogP contribution < -0.4 is 5.32 Å². The summed E-state index contributed by atoms with van der Waals surface area (Å²) in [4.78, 5) is 23.0. The number of carbonyl (C=O) groups excluding carboxylic acids is 2. The first-order valence-corrected chi connectivity index (χ1v) is 4.80. The first-order chi connectivity index (χ1) is 7.20. The van der Waals surface area contributed by atoms with Crippen LogP contribution in [0.5, 0.6) is 0 Å². The van der Waals surface area contributed by atoms with E-state index in [0.717, 1.165) is 5.56 Å². The van der Waals surface area contributed by atoms with Crippen molar-refractivity contribution in [3.05, 3.63) is 35.9 Å². The number of ketones is 1. The minimum absolute atomic E-state index is 0.00653. The molecule has 1 N–H and O–H groups in total. The zero-order valence-corrected chi connectivity index (χ0v) is 8.25. The molecule has 1 aliphatic heterocycles. The van der Waals surface area contributed by atoms with Gasteiger partial charge in [0, 0.05) is 18.4 Å². The Morgan fingerprint density at radius 2 is 2.07 bits per heavy atom. The first-order valence-electron chi connectivity index (χ1n) is 4.80. The predicted octanol–water partition coefficient (Wildman–Crippen LogP) is 2.24. The van der Waals surface area contributed by atoms with Crippen molar-refractivity contribution in [3.8, 4) is 0 Å². The van der Waals surface area contributed by atoms with Gasteiger partial charge in [0.15, 0.2) is 5.78 Å². The van der Waals surface area contributed by atoms with Crippen molar-refractivity contribution in [2.75, 3.05) is 5.32 Å². The van der Waals surface area contributed by atoms with Crippen molar-refractivity contribution in [2.24, 2.45) is 0 Å². The number of hydrogen-bond donors (Lipinski definition) is 1. The van der Waals surface area contributed by atoms with Gasteiger partial charge in [-0.05, 0) is 17.7 Å². The van der Waals surface area contributed by atoms with E-state index >= 15 is 0 Å². The summed E-state index contributed by atoms with van der Waals surface area (Å²) in [6.45, 7) is 3.64. The molecular weight excluding hydrogens is 190 g/mol. The van der Waals surface area contributed by atoms with Crippen molar-refractivity contribution in [2.45, 2.75) is 12.8 Å². The monoisotopic (exact) mass is 201 g/mol. The van der Waals surface area contributed by atoms with Gasteiger partial charge in [-0.1, -0.05) is 18.7 Å². The molecule has 0 aliphatic carbocycles. The minimum Gasteiger partial charge on any atom is -0.325 e. The van der Waals surface area contributed by atoms with Gasteiger partial charge in [-0.2, -0.15) is 0 Å². The highest BCUT2D eigenvalue weighted by Crippen LogP contribution is 2.23. The number of carbonyl (C=O) groups is 2. The van der Waals surface area contributed by atoms with Gasteiger partial charge in [0.05, 0.1) is 5.69 Å². The molecule has 0 spiro atoms. The Kier molecular flexibility index (Phi) is 2.37. The molecule has 0 saturated carbocycles. The van der Waals surface area contributed by atoms with Crippen LogP contribution in [0.2, 0.25) is 0 Å². The Morgan fingerprint density at radius 1 is 1.27 bits per heavy atom. The van der Waals surface area contributed by atoms with Crippen LogP contribution in [0.1, 0.15) is 28.8 Å². The summed E-state index contributed by atoms with van der Waals surface area (Å²) in [5.74, 6) is -0.0968. The molecule has 0 bridgehead atoms. The molecule has 1 aromatic carbocycles. The third-order valence-electron chi connectivity index (χ3n) is 2.43. The average Bonchev–Trinajstić information content (AvgIpc) is 2.39. The molecule has 0 aromatic heterocycles. The largest absolute Gasteiger partial charge is 0.325 e. The molecular formula is C12H11NO2. The van der Waals surface area contributed by atoms with Crippen molar-refractivity contribution in [3.63, 3.8) is 0 Å². The number of Topliss-reactive ketones (excluding diaryl/α,β-unsaturated/α-hetero) is 1. The second kappa shape index (κ2) is 3.69. The molecule has 1 amide bonds. The van der Waals surface area contributed by atoms with Crippen molar-refractivity contribution in [1.82, 2.24) is 0 Å². The van der Waals surface area contributed by atoms with Gasteiger partial charge in [0.2, 0.25) is 5.91 Å². The summed E-state index contributed by atoms with van der Waals surface area (Å²) in [5, 5.41) is 2.71. The van der Waals surface area contributed by atoms with E-state index in [2.05, 4.69) is 11.9 Å². The lowest BCUT2D eigenvalue weighted by atomic mass is 10.0. The third kappa shape index (κ3) is 1.81. The lowest BCUT2D eigenvalue weighted by molar-refractivity contribution is -0.116. The van der Waals surface area contributed by atoms with Gasteiger partial charge in [-0.3, -0.25) is 9.59 Å². The van der Waals surface area contributed by atoms with Crippen LogP contribution in [-0.2, 0) is 4.79 Å². The maximum Gasteiger partial charge on any atom is 0.224 e. The highest BCUT2D eigenvalue weighted by atomic mass is 16.2. The van der Waals surface area contributed by atoms with Crippen molar-refractivity contribution >= 4 is 23.5 Å². The van der Waals surface area contributed by atoms with Gasteiger partial charge in [0.25, 0.3) is 0 Å². The normalized spacial score (nSPS) is 15.2. The Labute approximate surface area is 87.8 Å². The zero-order chi connectivity index (χ0) is 10.8. The van der Waals surface area contributed by atoms with Gasteiger partial charge < -0.3 is 5.32 Å². The summed E-state index contributed by atoms with van der Waals surface area (Å²) >= 11 is 0. The fraction of sp³-hybridized carbons (Fsp3) is 0.167. The lowest BCUT2D eigenvalue weighted by Gasteiger charge is -2.06. The summed E-state index contributed by atoms with van der Waals surface area (Å²) < 4.78 is 0. The van der Waals surface area contributed by atoms with E-state index in [4.69, 9.17) is 0 Å². The second-order valence-electron chi connectivity index (χ2n) is 3.48. The molecule has 76 valence electrons. The van der Waals surface area contributed by atoms with Crippen LogP contribution in [-0.4, -0.2) is 11.7 Å². The standard InChI is InChI=1S/C12H11NO2/c1-2-8-3-4-10-9(7-8)11(14)5-6-12(15)13-10/h2-4,7H,1,5-6H2,(H,13,15). The Bertz CT molecular complexity index is 449. The first kappa shape index (κ1) is 9.65. The van der Waals surface area contributed by atoms with E-state index in [0.29, 0.717) is 11.3 Å². The van der Waals surface area contributed by atoms with E-state index in [9.17, 15) is 9.59 Å². The molecule has 3 heteroatoms. The van der Waals surface area contributed by atoms with E-state index < -0.39 is 0 Å². The Balaban J connectivity index is 2.52. The van der Waals surface area contributed by atoms with Gasteiger partial charge in [-0.15, -0.1) is 0 Å². The van der Waals surface area contributed by atoms with Gasteiger partial charge in [0.1, 0.15) is 0 Å². The highest BCUT2D eigenvalue weighted by molar-refractivity contribution is 6.09. The molecule has 3 nitrogen and oxygen atoms in total. The molecule has 2 rings (SSSR count). The minimum atomic E-state index is -0.103. The number of hydrogen-bond acceptors (Lipinski definition) is 2. The maximum absolute atomic E-state index is 11.7. The molecule has 1 heterocycles. The van der Waals surface area contributed by atoms with E-state index in [1.165, 1.54) is 0 Å². The zero-order valence-electron chi connectivity index (χ0n) is 8.25. The molecule has 1 aliphatic rings. The summed E-state index contributed by atoms with van der Waals surface area (Å²) in [6, 6.07) is 5.33. The fourth-order valence-corrected chi connectivity index (χ4v) is 1.60. The molecule has 0 unspecified atom stereocenters. The highest BCUT2D eigenvalue weighted by Gasteiger charge is 2.19. The van der Waals surface area contributed by atoms with E-state index in [1.54, 1.807) is 18.2 Å². The molecule has 0 fully saturated rings. The fourth-order valence-electron chi connectivity index (χ4n) is 1.60. The number of rotatable bonds is 1. The number of amides is 1. The van der Waals surface area contributed by atoms with E-state index in [1.807, 2.05) is 6.07 Å². The molecule has 0 atom stereocenters. The van der Waals surface area contributed by atoms with E-state index in [-0.39, 0.29) is 24.5 Å². The van der Waals surface area contributed by atoms with Crippen LogP contribution >= 0.6 is 0 Å². The van der Waals surface area contributed by atoms with Crippen LogP contribution in [0.4, 0.5) is 5.69 Å². The molecule has 15 heavy (non-hydrogen) atoms. The van der Waals surface area contributed by atoms with Crippen LogP contribution in [0.15, 0.2) is 24.8 Å². The molecule has 0 radical (unpaired) electrons. The third-order valence-corrected chi connectivity index (χ3v) is 2.43. The second-order valence-corrected chi connectivity index (χ2v) is 3.48. The SMILES string of the molecule is C=Cc1ccc2c(c1)C(=O)CCC(=O)N2. The quantitative estimate of drug-likeness (QED) is 0.757. The Morgan fingerprint density at radius 3 is 2.80 bits per heavy atom. The summed E-state index contributed by atoms with van der Waals surface area (Å²) in [5.41, 5.74) is 2.07. The van der Waals surface area contributed by atoms with Gasteiger partial charge in [-0.25, -0.2) is 0 Å². The smallest absolute Gasteiger partial charge is 0.224 e. The van der Waals surface area contributed by atoms with Crippen LogP contribution in [0.3, 0.4) is 0 Å². The van der Waals surface area contributed by atoms with Gasteiger partial charge >= 0.3 is 0 Å². The number of fused-ring (bicyclic) bond motifs is 1. The van der Waals surface area contributed by atoms with Crippen LogP contribution in [0, 0.1) is 0 Å². The van der Waals surface area contributed by atoms with Crippen molar-refractivity contribution < 1.29 is 9.59 Å². The van der Waals surface area contributed by atoms with Crippen molar-refractivity contribution in [1.29, 1.82) is 0 Å². The topological polar surface area (TPSA) is 46.2 Å². The maximum atomic E-state index is 11.7. The summed E-state index contributed by atoms with van der Waals surface area (Å²) in [6.07, 6.45) is 2.22. The average molecular weight is 201 g/mol. The molecule has 1 aromatic rings. The Hall–Kier alpha value is -1.90. The van der Waals surface area contributed by atoms with Crippen LogP contribution in [0.25, 0.3) is 6.08 Å². The molecule has 0 saturated heterocycles. The number of nitrogens with one attached hydrogen (secondary N) is 1. The lowest BCUT2D eigenvalue weighted by Crippen LogP contribution is -2.09. The predicted molar refractivity (Wildman–Crippen MR) is 58.7 cm³/mol. The number of benzene rings is 1. The summed E-state index contributed by atoms with van der Waals surface area (Å²) in [7, 11) is 0. The number of anilines is 1.